The molecule has 0 saturated carbocycles. The van der Waals surface area contributed by atoms with Crippen LogP contribution >= 0.6 is 11.6 Å². The Hall–Kier alpha value is -2.83. The number of carbonyl (C=O) groups excluding carboxylic acids is 1. The van der Waals surface area contributed by atoms with Crippen molar-refractivity contribution in [3.8, 4) is 0 Å². The van der Waals surface area contributed by atoms with E-state index in [1.807, 2.05) is 38.1 Å². The van der Waals surface area contributed by atoms with E-state index in [4.69, 9.17) is 11.6 Å². The second-order valence-electron chi connectivity index (χ2n) is 6.98. The maximum atomic E-state index is 12.9. The fraction of sp³-hybridized carbons (Fsp3) is 0.174. The third-order valence-corrected chi connectivity index (χ3v) is 6.70. The summed E-state index contributed by atoms with van der Waals surface area (Å²) in [7, 11) is -3.98. The zero-order valence-electron chi connectivity index (χ0n) is 17.0. The maximum Gasteiger partial charge on any atom is 0.263 e. The van der Waals surface area contributed by atoms with Crippen LogP contribution in [-0.2, 0) is 16.4 Å². The van der Waals surface area contributed by atoms with Crippen LogP contribution in [0, 0.1) is 13.8 Å². The van der Waals surface area contributed by atoms with Crippen LogP contribution in [0.5, 0.6) is 0 Å². The van der Waals surface area contributed by atoms with Crippen LogP contribution in [0.4, 0.5) is 11.4 Å². The van der Waals surface area contributed by atoms with Gasteiger partial charge < -0.3 is 5.32 Å². The molecule has 0 aliphatic heterocycles. The molecule has 0 saturated heterocycles. The van der Waals surface area contributed by atoms with Gasteiger partial charge in [0.25, 0.3) is 15.9 Å². The average molecular weight is 443 g/mol. The molecule has 3 aromatic rings. The minimum absolute atomic E-state index is 0.0396. The molecule has 0 aliphatic rings. The predicted molar refractivity (Wildman–Crippen MR) is 122 cm³/mol. The highest BCUT2D eigenvalue weighted by molar-refractivity contribution is 7.92. The van der Waals surface area contributed by atoms with Crippen molar-refractivity contribution in [1.82, 2.24) is 0 Å². The van der Waals surface area contributed by atoms with Gasteiger partial charge >= 0.3 is 0 Å². The highest BCUT2D eigenvalue weighted by Crippen LogP contribution is 2.27. The Morgan fingerprint density at radius 1 is 0.967 bits per heavy atom. The molecule has 3 rings (SSSR count). The SMILES string of the molecule is CCc1cccc(C)c1NC(=O)c1ccc(Cl)c(S(=O)(=O)Nc2ccccc2C)c1. The summed E-state index contributed by atoms with van der Waals surface area (Å²) in [5.41, 5.74) is 4.11. The summed E-state index contributed by atoms with van der Waals surface area (Å²) in [6.45, 7) is 5.73. The Morgan fingerprint density at radius 2 is 1.67 bits per heavy atom. The van der Waals surface area contributed by atoms with Crippen LogP contribution in [0.3, 0.4) is 0 Å². The second-order valence-corrected chi connectivity index (χ2v) is 9.04. The lowest BCUT2D eigenvalue weighted by atomic mass is 10.1. The molecular weight excluding hydrogens is 420 g/mol. The summed E-state index contributed by atoms with van der Waals surface area (Å²) >= 11 is 6.17. The molecule has 7 heteroatoms. The van der Waals surface area contributed by atoms with Gasteiger partial charge in [0.1, 0.15) is 4.90 Å². The summed E-state index contributed by atoms with van der Waals surface area (Å²) in [5, 5.41) is 2.95. The molecular formula is C23H23ClN2O3S. The largest absolute Gasteiger partial charge is 0.321 e. The standard InChI is InChI=1S/C23H23ClN2O3S/c1-4-17-10-7-9-16(3)22(17)25-23(27)18-12-13-19(24)21(14-18)30(28,29)26-20-11-6-5-8-15(20)2/h5-14,26H,4H2,1-3H3,(H,25,27). The number of halogens is 1. The zero-order chi connectivity index (χ0) is 21.9. The monoisotopic (exact) mass is 442 g/mol. The number of aryl methyl sites for hydroxylation is 3. The zero-order valence-corrected chi connectivity index (χ0v) is 18.6. The van der Waals surface area contributed by atoms with Crippen LogP contribution in [0.25, 0.3) is 0 Å². The number of hydrogen-bond donors (Lipinski definition) is 2. The Morgan fingerprint density at radius 3 is 2.37 bits per heavy atom. The molecule has 0 unspecified atom stereocenters. The first kappa shape index (κ1) is 21.9. The molecule has 156 valence electrons. The summed E-state index contributed by atoms with van der Waals surface area (Å²) in [6.07, 6.45) is 0.762. The van der Waals surface area contributed by atoms with Crippen LogP contribution < -0.4 is 10.0 Å². The maximum absolute atomic E-state index is 12.9. The summed E-state index contributed by atoms with van der Waals surface area (Å²) in [6, 6.07) is 17.1. The molecule has 0 heterocycles. The molecule has 5 nitrogen and oxygen atoms in total. The molecule has 0 fully saturated rings. The van der Waals surface area contributed by atoms with E-state index in [2.05, 4.69) is 10.0 Å². The number of carbonyl (C=O) groups is 1. The van der Waals surface area contributed by atoms with Crippen molar-refractivity contribution in [3.63, 3.8) is 0 Å². The average Bonchev–Trinajstić information content (AvgIpc) is 2.71. The Labute approximate surface area is 182 Å². The number of para-hydroxylation sites is 2. The third kappa shape index (κ3) is 4.66. The molecule has 0 radical (unpaired) electrons. The van der Waals surface area contributed by atoms with Crippen molar-refractivity contribution in [3.05, 3.63) is 87.9 Å². The first-order valence-electron chi connectivity index (χ1n) is 9.50. The van der Waals surface area contributed by atoms with Crippen molar-refractivity contribution >= 4 is 38.9 Å². The van der Waals surface area contributed by atoms with E-state index in [1.165, 1.54) is 18.2 Å². The summed E-state index contributed by atoms with van der Waals surface area (Å²) in [4.78, 5) is 12.7. The van der Waals surface area contributed by atoms with Crippen LogP contribution in [0.15, 0.2) is 65.6 Å². The molecule has 0 atom stereocenters. The number of rotatable bonds is 6. The number of sulfonamides is 1. The molecule has 3 aromatic carbocycles. The van der Waals surface area contributed by atoms with Gasteiger partial charge in [-0.3, -0.25) is 9.52 Å². The van der Waals surface area contributed by atoms with Gasteiger partial charge in [-0.05, 0) is 61.2 Å². The van der Waals surface area contributed by atoms with Gasteiger partial charge in [0.05, 0.1) is 10.7 Å². The van der Waals surface area contributed by atoms with Gasteiger partial charge in [0, 0.05) is 11.3 Å². The molecule has 0 aromatic heterocycles. The fourth-order valence-electron chi connectivity index (χ4n) is 3.13. The molecule has 0 bridgehead atoms. The highest BCUT2D eigenvalue weighted by atomic mass is 35.5. The van der Waals surface area contributed by atoms with Crippen molar-refractivity contribution in [1.29, 1.82) is 0 Å². The number of anilines is 2. The smallest absolute Gasteiger partial charge is 0.263 e. The number of benzene rings is 3. The van der Waals surface area contributed by atoms with Gasteiger partial charge in [-0.1, -0.05) is 54.9 Å². The minimum atomic E-state index is -3.98. The van der Waals surface area contributed by atoms with Crippen LogP contribution in [-0.4, -0.2) is 14.3 Å². The van der Waals surface area contributed by atoms with Crippen LogP contribution in [0.1, 0.15) is 34.0 Å². The Balaban J connectivity index is 1.94. The van der Waals surface area contributed by atoms with E-state index in [0.717, 1.165) is 28.8 Å². The number of nitrogens with one attached hydrogen (secondary N) is 2. The summed E-state index contributed by atoms with van der Waals surface area (Å²) < 4.78 is 28.4. The van der Waals surface area contributed by atoms with E-state index < -0.39 is 15.9 Å². The number of hydrogen-bond acceptors (Lipinski definition) is 3. The van der Waals surface area contributed by atoms with Gasteiger partial charge in [0.2, 0.25) is 0 Å². The molecule has 2 N–H and O–H groups in total. The van der Waals surface area contributed by atoms with Gasteiger partial charge in [-0.2, -0.15) is 0 Å². The van der Waals surface area contributed by atoms with Crippen molar-refractivity contribution in [2.75, 3.05) is 10.0 Å². The van der Waals surface area contributed by atoms with Crippen molar-refractivity contribution in [2.45, 2.75) is 32.1 Å². The first-order chi connectivity index (χ1) is 14.2. The van der Waals surface area contributed by atoms with E-state index in [0.29, 0.717) is 5.69 Å². The van der Waals surface area contributed by atoms with E-state index >= 15 is 0 Å². The molecule has 0 spiro atoms. The minimum Gasteiger partial charge on any atom is -0.321 e. The Kier molecular flexibility index (Phi) is 6.48. The highest BCUT2D eigenvalue weighted by Gasteiger charge is 2.21. The molecule has 0 aliphatic carbocycles. The fourth-order valence-corrected chi connectivity index (χ4v) is 4.78. The van der Waals surface area contributed by atoms with Crippen molar-refractivity contribution < 1.29 is 13.2 Å². The lowest BCUT2D eigenvalue weighted by Gasteiger charge is -2.15. The summed E-state index contributed by atoms with van der Waals surface area (Å²) in [5.74, 6) is -0.400. The molecule has 30 heavy (non-hydrogen) atoms. The molecule has 1 amide bonds. The van der Waals surface area contributed by atoms with Crippen molar-refractivity contribution in [2.24, 2.45) is 0 Å². The third-order valence-electron chi connectivity index (χ3n) is 4.85. The van der Waals surface area contributed by atoms with Gasteiger partial charge in [-0.15, -0.1) is 0 Å². The van der Waals surface area contributed by atoms with E-state index in [1.54, 1.807) is 25.1 Å². The first-order valence-corrected chi connectivity index (χ1v) is 11.4. The normalized spacial score (nSPS) is 11.2. The quantitative estimate of drug-likeness (QED) is 0.523. The second kappa shape index (κ2) is 8.90. The van der Waals surface area contributed by atoms with Gasteiger partial charge in [-0.25, -0.2) is 8.42 Å². The number of amides is 1. The predicted octanol–water partition coefficient (Wildman–Crippen LogP) is 5.57. The topological polar surface area (TPSA) is 75.3 Å². The Bertz CT molecular complexity index is 1210. The lowest BCUT2D eigenvalue weighted by molar-refractivity contribution is 0.102. The van der Waals surface area contributed by atoms with Gasteiger partial charge in [0.15, 0.2) is 0 Å². The van der Waals surface area contributed by atoms with Crippen LogP contribution in [0.2, 0.25) is 5.02 Å². The van der Waals surface area contributed by atoms with E-state index in [9.17, 15) is 13.2 Å². The lowest BCUT2D eigenvalue weighted by Crippen LogP contribution is -2.17. The van der Waals surface area contributed by atoms with E-state index in [-0.39, 0.29) is 15.5 Å².